The van der Waals surface area contributed by atoms with Crippen LogP contribution in [0, 0.1) is 0 Å². The first-order valence-electron chi connectivity index (χ1n) is 17.5. The zero-order valence-electron chi connectivity index (χ0n) is 26.1. The van der Waals surface area contributed by atoms with Crippen LogP contribution in [0.5, 0.6) is 0 Å². The Morgan fingerprint density at radius 3 is 0.946 bits per heavy atom. The van der Waals surface area contributed by atoms with E-state index in [1.54, 1.807) is 0 Å². The van der Waals surface area contributed by atoms with Crippen LogP contribution in [0.2, 0.25) is 0 Å². The van der Waals surface area contributed by atoms with Gasteiger partial charge in [0.2, 0.25) is 0 Å². The molecule has 1 aliphatic heterocycles. The Morgan fingerprint density at radius 2 is 0.622 bits per heavy atom. The van der Waals surface area contributed by atoms with Gasteiger partial charge in [-0.3, -0.25) is 0 Å². The highest BCUT2D eigenvalue weighted by Gasteiger charge is 2.24. The highest BCUT2D eigenvalue weighted by molar-refractivity contribution is 4.97. The topological polar surface area (TPSA) is 6.48 Å². The SMILES string of the molecule is CCCCCCCCCCCCCCCCCN1C=CN(CCCCCCC)C1CCCCCCCC. The van der Waals surface area contributed by atoms with E-state index in [9.17, 15) is 0 Å². The summed E-state index contributed by atoms with van der Waals surface area (Å²) in [6.45, 7) is 9.47. The quantitative estimate of drug-likeness (QED) is 0.0908. The Balaban J connectivity index is 2.11. The van der Waals surface area contributed by atoms with Crippen LogP contribution in [-0.2, 0) is 0 Å². The number of rotatable bonds is 29. The van der Waals surface area contributed by atoms with Crippen molar-refractivity contribution >= 4 is 0 Å². The van der Waals surface area contributed by atoms with Gasteiger partial charge >= 0.3 is 0 Å². The van der Waals surface area contributed by atoms with Crippen LogP contribution in [0.3, 0.4) is 0 Å². The van der Waals surface area contributed by atoms with Gasteiger partial charge in [-0.05, 0) is 25.7 Å². The highest BCUT2D eigenvalue weighted by atomic mass is 15.4. The van der Waals surface area contributed by atoms with E-state index in [0.29, 0.717) is 6.17 Å². The average molecular weight is 519 g/mol. The molecule has 1 atom stereocenters. The van der Waals surface area contributed by atoms with Gasteiger partial charge in [0.25, 0.3) is 0 Å². The molecule has 37 heavy (non-hydrogen) atoms. The molecule has 0 bridgehead atoms. The molecule has 0 saturated carbocycles. The van der Waals surface area contributed by atoms with E-state index >= 15 is 0 Å². The first kappa shape index (κ1) is 34.4. The number of unbranched alkanes of at least 4 members (excludes halogenated alkanes) is 23. The van der Waals surface area contributed by atoms with Crippen molar-refractivity contribution in [2.24, 2.45) is 0 Å². The normalized spacial score (nSPS) is 15.4. The lowest BCUT2D eigenvalue weighted by Crippen LogP contribution is -2.39. The summed E-state index contributed by atoms with van der Waals surface area (Å²) in [5.74, 6) is 0. The van der Waals surface area contributed by atoms with Crippen LogP contribution >= 0.6 is 0 Å². The van der Waals surface area contributed by atoms with E-state index in [0.717, 1.165) is 0 Å². The van der Waals surface area contributed by atoms with Crippen molar-refractivity contribution in [1.82, 2.24) is 9.80 Å². The third kappa shape index (κ3) is 20.0. The van der Waals surface area contributed by atoms with Crippen molar-refractivity contribution in [3.8, 4) is 0 Å². The Morgan fingerprint density at radius 1 is 0.351 bits per heavy atom. The zero-order valence-corrected chi connectivity index (χ0v) is 26.1. The largest absolute Gasteiger partial charge is 0.356 e. The molecule has 1 unspecified atom stereocenters. The van der Waals surface area contributed by atoms with E-state index in [1.165, 1.54) is 186 Å². The van der Waals surface area contributed by atoms with Crippen LogP contribution in [0.25, 0.3) is 0 Å². The lowest BCUT2D eigenvalue weighted by atomic mass is 10.0. The van der Waals surface area contributed by atoms with Crippen molar-refractivity contribution in [1.29, 1.82) is 0 Å². The summed E-state index contributed by atoms with van der Waals surface area (Å²) < 4.78 is 0. The molecule has 0 aromatic carbocycles. The second kappa shape index (κ2) is 26.9. The summed E-state index contributed by atoms with van der Waals surface area (Å²) in [6, 6.07) is 0. The maximum absolute atomic E-state index is 2.69. The summed E-state index contributed by atoms with van der Waals surface area (Å²) in [7, 11) is 0. The summed E-state index contributed by atoms with van der Waals surface area (Å²) in [4.78, 5) is 5.38. The fourth-order valence-electron chi connectivity index (χ4n) is 6.01. The molecule has 2 heteroatoms. The summed E-state index contributed by atoms with van der Waals surface area (Å²) in [6.07, 6.45) is 44.0. The fraction of sp³-hybridized carbons (Fsp3) is 0.943. The molecule has 0 fully saturated rings. The fourth-order valence-corrected chi connectivity index (χ4v) is 6.01. The van der Waals surface area contributed by atoms with Gasteiger partial charge in [-0.25, -0.2) is 0 Å². The van der Waals surface area contributed by atoms with Gasteiger partial charge in [-0.1, -0.05) is 168 Å². The molecule has 0 saturated heterocycles. The zero-order chi connectivity index (χ0) is 26.7. The molecule has 2 nitrogen and oxygen atoms in total. The van der Waals surface area contributed by atoms with Crippen molar-refractivity contribution in [2.45, 2.75) is 200 Å². The van der Waals surface area contributed by atoms with E-state index in [4.69, 9.17) is 0 Å². The van der Waals surface area contributed by atoms with Gasteiger partial charge < -0.3 is 9.80 Å². The summed E-state index contributed by atoms with van der Waals surface area (Å²) in [5, 5.41) is 0. The minimum absolute atomic E-state index is 0.643. The van der Waals surface area contributed by atoms with Crippen molar-refractivity contribution < 1.29 is 0 Å². The average Bonchev–Trinajstić information content (AvgIpc) is 3.29. The molecular formula is C35H70N2. The first-order valence-corrected chi connectivity index (χ1v) is 17.5. The predicted molar refractivity (Wildman–Crippen MR) is 168 cm³/mol. The van der Waals surface area contributed by atoms with Gasteiger partial charge in [-0.2, -0.15) is 0 Å². The second-order valence-electron chi connectivity index (χ2n) is 12.2. The van der Waals surface area contributed by atoms with E-state index in [2.05, 4.69) is 43.0 Å². The predicted octanol–water partition coefficient (Wildman–Crippen LogP) is 12.0. The monoisotopic (exact) mass is 519 g/mol. The number of hydrogen-bond acceptors (Lipinski definition) is 2. The van der Waals surface area contributed by atoms with Crippen LogP contribution in [0.4, 0.5) is 0 Å². The minimum Gasteiger partial charge on any atom is -0.356 e. The summed E-state index contributed by atoms with van der Waals surface area (Å²) >= 11 is 0. The molecule has 1 aliphatic rings. The maximum Gasteiger partial charge on any atom is 0.101 e. The van der Waals surface area contributed by atoms with Crippen LogP contribution in [0.15, 0.2) is 12.4 Å². The molecule has 0 N–H and O–H groups in total. The van der Waals surface area contributed by atoms with Crippen molar-refractivity contribution in [2.75, 3.05) is 13.1 Å². The van der Waals surface area contributed by atoms with Gasteiger partial charge in [0.15, 0.2) is 0 Å². The second-order valence-corrected chi connectivity index (χ2v) is 12.2. The first-order chi connectivity index (χ1) is 18.3. The molecular weight excluding hydrogens is 448 g/mol. The maximum atomic E-state index is 2.69. The van der Waals surface area contributed by atoms with E-state index in [1.807, 2.05) is 0 Å². The molecule has 0 aliphatic carbocycles. The van der Waals surface area contributed by atoms with Gasteiger partial charge in [-0.15, -0.1) is 0 Å². The Hall–Kier alpha value is -0.660. The Kier molecular flexibility index (Phi) is 25.0. The van der Waals surface area contributed by atoms with Crippen molar-refractivity contribution in [3.63, 3.8) is 0 Å². The molecule has 0 aromatic heterocycles. The standard InChI is InChI=1S/C35H70N2/c1-4-7-10-13-15-16-17-18-19-20-21-22-23-26-29-32-37-34-33-36(31-28-25-12-9-6-3)35(37)30-27-24-14-11-8-5-2/h33-35H,4-32H2,1-3H3. The molecule has 1 rings (SSSR count). The third-order valence-corrected chi connectivity index (χ3v) is 8.57. The number of hydrogen-bond donors (Lipinski definition) is 0. The molecule has 220 valence electrons. The molecule has 0 amide bonds. The smallest absolute Gasteiger partial charge is 0.101 e. The minimum atomic E-state index is 0.643. The van der Waals surface area contributed by atoms with E-state index in [-0.39, 0.29) is 0 Å². The third-order valence-electron chi connectivity index (χ3n) is 8.57. The summed E-state index contributed by atoms with van der Waals surface area (Å²) in [5.41, 5.74) is 0. The van der Waals surface area contributed by atoms with Crippen molar-refractivity contribution in [3.05, 3.63) is 12.4 Å². The molecule has 0 radical (unpaired) electrons. The number of nitrogens with zero attached hydrogens (tertiary/aromatic N) is 2. The highest BCUT2D eigenvalue weighted by Crippen LogP contribution is 2.24. The van der Waals surface area contributed by atoms with Gasteiger partial charge in [0.1, 0.15) is 6.17 Å². The molecule has 0 spiro atoms. The van der Waals surface area contributed by atoms with Crippen LogP contribution < -0.4 is 0 Å². The lowest BCUT2D eigenvalue weighted by Gasteiger charge is -2.33. The van der Waals surface area contributed by atoms with Gasteiger partial charge in [0.05, 0.1) is 0 Å². The lowest BCUT2D eigenvalue weighted by molar-refractivity contribution is 0.135. The van der Waals surface area contributed by atoms with Crippen LogP contribution in [-0.4, -0.2) is 29.1 Å². The molecule has 1 heterocycles. The van der Waals surface area contributed by atoms with Gasteiger partial charge in [0, 0.05) is 25.5 Å². The van der Waals surface area contributed by atoms with Crippen LogP contribution in [0.1, 0.15) is 194 Å². The Bertz CT molecular complexity index is 474. The Labute approximate surface area is 235 Å². The molecule has 0 aromatic rings. The van der Waals surface area contributed by atoms with E-state index < -0.39 is 0 Å².